The molecule has 0 amide bonds. The van der Waals surface area contributed by atoms with Gasteiger partial charge in [-0.2, -0.15) is 0 Å². The lowest BCUT2D eigenvalue weighted by Gasteiger charge is -2.13. The van der Waals surface area contributed by atoms with Crippen LogP contribution in [0.3, 0.4) is 0 Å². The van der Waals surface area contributed by atoms with Crippen LogP contribution < -0.4 is 10.5 Å². The quantitative estimate of drug-likeness (QED) is 0.877. The van der Waals surface area contributed by atoms with Gasteiger partial charge in [-0.3, -0.25) is 4.98 Å². The molecule has 0 fully saturated rings. The van der Waals surface area contributed by atoms with Crippen LogP contribution >= 0.6 is 0 Å². The second-order valence-electron chi connectivity index (χ2n) is 4.18. The number of nitrogens with zero attached hydrogens (tertiary/aromatic N) is 1. The topological polar surface area (TPSA) is 48.1 Å². The van der Waals surface area contributed by atoms with E-state index < -0.39 is 0 Å². The van der Waals surface area contributed by atoms with Gasteiger partial charge in [-0.05, 0) is 30.5 Å². The molecule has 0 aliphatic heterocycles. The van der Waals surface area contributed by atoms with Crippen LogP contribution in [0, 0.1) is 0 Å². The van der Waals surface area contributed by atoms with Crippen LogP contribution in [-0.2, 0) is 6.42 Å². The third-order valence-electron chi connectivity index (χ3n) is 2.77. The average Bonchev–Trinajstić information content (AvgIpc) is 2.40. The van der Waals surface area contributed by atoms with E-state index in [1.165, 1.54) is 5.56 Å². The van der Waals surface area contributed by atoms with E-state index in [9.17, 15) is 0 Å². The third-order valence-corrected chi connectivity index (χ3v) is 2.77. The molecule has 2 aromatic rings. The van der Waals surface area contributed by atoms with Crippen molar-refractivity contribution in [2.24, 2.45) is 5.73 Å². The number of ether oxygens (including phenoxy) is 1. The molecule has 3 heteroatoms. The van der Waals surface area contributed by atoms with Crippen molar-refractivity contribution < 1.29 is 4.74 Å². The molecule has 0 aliphatic rings. The third kappa shape index (κ3) is 3.31. The van der Waals surface area contributed by atoms with Crippen LogP contribution in [0.15, 0.2) is 48.8 Å². The number of benzene rings is 1. The molecule has 1 aromatic heterocycles. The molecule has 0 bridgehead atoms. The summed E-state index contributed by atoms with van der Waals surface area (Å²) in [5.41, 5.74) is 8.43. The average molecular weight is 242 g/mol. The fourth-order valence-corrected chi connectivity index (χ4v) is 1.87. The maximum atomic E-state index is 6.20. The second-order valence-corrected chi connectivity index (χ2v) is 4.18. The Morgan fingerprint density at radius 3 is 2.72 bits per heavy atom. The largest absolute Gasteiger partial charge is 0.492 e. The van der Waals surface area contributed by atoms with E-state index in [0.717, 1.165) is 17.7 Å². The van der Waals surface area contributed by atoms with Gasteiger partial charge in [0.15, 0.2) is 0 Å². The predicted octanol–water partition coefficient (Wildman–Crippen LogP) is 2.72. The van der Waals surface area contributed by atoms with E-state index in [-0.39, 0.29) is 6.04 Å². The van der Waals surface area contributed by atoms with Crippen molar-refractivity contribution in [2.75, 3.05) is 6.61 Å². The molecular formula is C15H18N2O. The zero-order valence-corrected chi connectivity index (χ0v) is 10.5. The van der Waals surface area contributed by atoms with Gasteiger partial charge in [0.05, 0.1) is 12.8 Å². The van der Waals surface area contributed by atoms with E-state index in [2.05, 4.69) is 17.1 Å². The fraction of sp³-hybridized carbons (Fsp3) is 0.267. The molecule has 2 N–H and O–H groups in total. The summed E-state index contributed by atoms with van der Waals surface area (Å²) >= 11 is 0. The van der Waals surface area contributed by atoms with Crippen LogP contribution in [0.25, 0.3) is 0 Å². The highest BCUT2D eigenvalue weighted by molar-refractivity contribution is 5.27. The first-order valence-corrected chi connectivity index (χ1v) is 6.17. The molecule has 2 rings (SSSR count). The molecule has 1 atom stereocenters. The van der Waals surface area contributed by atoms with E-state index in [0.29, 0.717) is 6.61 Å². The Labute approximate surface area is 108 Å². The molecule has 0 saturated carbocycles. The highest BCUT2D eigenvalue weighted by Crippen LogP contribution is 2.19. The van der Waals surface area contributed by atoms with Gasteiger partial charge in [-0.1, -0.05) is 30.3 Å². The first-order valence-electron chi connectivity index (χ1n) is 6.17. The van der Waals surface area contributed by atoms with Crippen LogP contribution in [0.5, 0.6) is 5.75 Å². The Balaban J connectivity index is 2.08. The van der Waals surface area contributed by atoms with Crippen molar-refractivity contribution in [3.63, 3.8) is 0 Å². The molecule has 0 radical (unpaired) electrons. The molecule has 1 heterocycles. The van der Waals surface area contributed by atoms with Gasteiger partial charge in [0.25, 0.3) is 0 Å². The van der Waals surface area contributed by atoms with Gasteiger partial charge in [0, 0.05) is 12.2 Å². The summed E-state index contributed by atoms with van der Waals surface area (Å²) in [6.45, 7) is 2.59. The van der Waals surface area contributed by atoms with Crippen molar-refractivity contribution in [3.8, 4) is 5.75 Å². The minimum Gasteiger partial charge on any atom is -0.492 e. The second kappa shape index (κ2) is 6.17. The Morgan fingerprint density at radius 1 is 1.22 bits per heavy atom. The van der Waals surface area contributed by atoms with Crippen molar-refractivity contribution in [1.29, 1.82) is 0 Å². The molecule has 1 aromatic carbocycles. The molecule has 18 heavy (non-hydrogen) atoms. The number of hydrogen-bond donors (Lipinski definition) is 1. The van der Waals surface area contributed by atoms with Crippen molar-refractivity contribution in [3.05, 3.63) is 59.9 Å². The maximum Gasteiger partial charge on any atom is 0.137 e. The van der Waals surface area contributed by atoms with Gasteiger partial charge >= 0.3 is 0 Å². The number of hydrogen-bond acceptors (Lipinski definition) is 3. The lowest BCUT2D eigenvalue weighted by atomic mass is 10.0. The summed E-state index contributed by atoms with van der Waals surface area (Å²) in [7, 11) is 0. The van der Waals surface area contributed by atoms with Crippen molar-refractivity contribution >= 4 is 0 Å². The van der Waals surface area contributed by atoms with Crippen LogP contribution in [0.2, 0.25) is 0 Å². The summed E-state index contributed by atoms with van der Waals surface area (Å²) in [5, 5.41) is 0. The first kappa shape index (κ1) is 12.6. The standard InChI is InChI=1S/C15H18N2O/c1-2-18-14-9-13(10-17-11-14)15(16)8-12-6-4-3-5-7-12/h3-7,9-11,15H,2,8,16H2,1H3. The predicted molar refractivity (Wildman–Crippen MR) is 72.5 cm³/mol. The minimum atomic E-state index is -0.0553. The van der Waals surface area contributed by atoms with Crippen LogP contribution in [-0.4, -0.2) is 11.6 Å². The van der Waals surface area contributed by atoms with Gasteiger partial charge in [0.2, 0.25) is 0 Å². The smallest absolute Gasteiger partial charge is 0.137 e. The normalized spacial score (nSPS) is 12.1. The zero-order chi connectivity index (χ0) is 12.8. The zero-order valence-electron chi connectivity index (χ0n) is 10.5. The van der Waals surface area contributed by atoms with Crippen molar-refractivity contribution in [1.82, 2.24) is 4.98 Å². The number of rotatable bonds is 5. The highest BCUT2D eigenvalue weighted by atomic mass is 16.5. The molecule has 3 nitrogen and oxygen atoms in total. The molecule has 0 aliphatic carbocycles. The monoisotopic (exact) mass is 242 g/mol. The van der Waals surface area contributed by atoms with E-state index >= 15 is 0 Å². The lowest BCUT2D eigenvalue weighted by Crippen LogP contribution is -2.13. The van der Waals surface area contributed by atoms with Gasteiger partial charge < -0.3 is 10.5 Å². The van der Waals surface area contributed by atoms with E-state index in [4.69, 9.17) is 10.5 Å². The Bertz CT molecular complexity index is 485. The summed E-state index contributed by atoms with van der Waals surface area (Å²) < 4.78 is 5.43. The molecular weight excluding hydrogens is 224 g/mol. The Morgan fingerprint density at radius 2 is 2.00 bits per heavy atom. The minimum absolute atomic E-state index is 0.0553. The Hall–Kier alpha value is -1.87. The Kier molecular flexibility index (Phi) is 4.31. The lowest BCUT2D eigenvalue weighted by molar-refractivity contribution is 0.338. The van der Waals surface area contributed by atoms with Gasteiger partial charge in [-0.25, -0.2) is 0 Å². The SMILES string of the molecule is CCOc1cncc(C(N)Cc2ccccc2)c1. The van der Waals surface area contributed by atoms with Gasteiger partial charge in [0.1, 0.15) is 5.75 Å². The van der Waals surface area contributed by atoms with Crippen LogP contribution in [0.1, 0.15) is 24.1 Å². The number of nitrogens with two attached hydrogens (primary N) is 1. The summed E-state index contributed by atoms with van der Waals surface area (Å²) in [4.78, 5) is 4.16. The first-order chi connectivity index (χ1) is 8.79. The number of pyridine rings is 1. The summed E-state index contributed by atoms with van der Waals surface area (Å²) in [6, 6.07) is 12.1. The highest BCUT2D eigenvalue weighted by Gasteiger charge is 2.08. The van der Waals surface area contributed by atoms with Gasteiger partial charge in [-0.15, -0.1) is 0 Å². The van der Waals surface area contributed by atoms with Crippen LogP contribution in [0.4, 0.5) is 0 Å². The molecule has 0 spiro atoms. The summed E-state index contributed by atoms with van der Waals surface area (Å²) in [5.74, 6) is 0.776. The van der Waals surface area contributed by atoms with Crippen molar-refractivity contribution in [2.45, 2.75) is 19.4 Å². The van der Waals surface area contributed by atoms with E-state index in [1.54, 1.807) is 12.4 Å². The molecule has 1 unspecified atom stereocenters. The molecule has 0 saturated heterocycles. The fourth-order valence-electron chi connectivity index (χ4n) is 1.87. The maximum absolute atomic E-state index is 6.20. The van der Waals surface area contributed by atoms with E-state index in [1.807, 2.05) is 31.2 Å². The summed E-state index contributed by atoms with van der Waals surface area (Å²) in [6.07, 6.45) is 4.32. The molecule has 94 valence electrons. The number of aromatic nitrogens is 1.